The van der Waals surface area contributed by atoms with Crippen molar-refractivity contribution in [3.05, 3.63) is 31.0 Å². The lowest BCUT2D eigenvalue weighted by atomic mass is 10.3. The molecule has 0 spiro atoms. The molecule has 0 aliphatic heterocycles. The molecule has 18 heavy (non-hydrogen) atoms. The number of H-pyrrole nitrogens is 1. The van der Waals surface area contributed by atoms with Gasteiger partial charge >= 0.3 is 0 Å². The SMILES string of the molecule is CC(C)Oc1nccn2c(-c3cn[nH]c3)cnc12. The molecule has 0 aromatic carbocycles. The van der Waals surface area contributed by atoms with Crippen molar-refractivity contribution in [3.8, 4) is 17.1 Å². The van der Waals surface area contributed by atoms with Gasteiger partial charge in [0.1, 0.15) is 0 Å². The van der Waals surface area contributed by atoms with Crippen molar-refractivity contribution in [2.75, 3.05) is 0 Å². The van der Waals surface area contributed by atoms with Crippen LogP contribution in [0.4, 0.5) is 0 Å². The minimum absolute atomic E-state index is 0.0674. The maximum Gasteiger partial charge on any atom is 0.258 e. The third-order valence-electron chi connectivity index (χ3n) is 2.54. The number of fused-ring (bicyclic) bond motifs is 1. The fourth-order valence-electron chi connectivity index (χ4n) is 1.81. The van der Waals surface area contributed by atoms with Gasteiger partial charge in [-0.25, -0.2) is 9.97 Å². The highest BCUT2D eigenvalue weighted by Crippen LogP contribution is 2.23. The van der Waals surface area contributed by atoms with Gasteiger partial charge in [0.2, 0.25) is 5.65 Å². The van der Waals surface area contributed by atoms with Crippen LogP contribution in [0.2, 0.25) is 0 Å². The van der Waals surface area contributed by atoms with E-state index in [0.29, 0.717) is 11.5 Å². The van der Waals surface area contributed by atoms with Crippen molar-refractivity contribution < 1.29 is 4.74 Å². The Morgan fingerprint density at radius 3 is 2.89 bits per heavy atom. The van der Waals surface area contributed by atoms with Crippen LogP contribution in [-0.4, -0.2) is 30.7 Å². The average molecular weight is 243 g/mol. The average Bonchev–Trinajstić information content (AvgIpc) is 2.96. The number of hydrogen-bond acceptors (Lipinski definition) is 4. The zero-order valence-corrected chi connectivity index (χ0v) is 10.2. The lowest BCUT2D eigenvalue weighted by Gasteiger charge is -2.09. The molecule has 0 amide bonds. The Kier molecular flexibility index (Phi) is 2.47. The van der Waals surface area contributed by atoms with Crippen molar-refractivity contribution in [2.45, 2.75) is 20.0 Å². The molecule has 6 heteroatoms. The summed E-state index contributed by atoms with van der Waals surface area (Å²) in [5.74, 6) is 0.544. The smallest absolute Gasteiger partial charge is 0.258 e. The predicted octanol–water partition coefficient (Wildman–Crippen LogP) is 1.91. The zero-order valence-electron chi connectivity index (χ0n) is 10.2. The first-order valence-corrected chi connectivity index (χ1v) is 5.73. The van der Waals surface area contributed by atoms with E-state index >= 15 is 0 Å². The summed E-state index contributed by atoms with van der Waals surface area (Å²) in [6.45, 7) is 3.93. The number of nitrogens with zero attached hydrogens (tertiary/aromatic N) is 4. The second kappa shape index (κ2) is 4.14. The van der Waals surface area contributed by atoms with Crippen molar-refractivity contribution in [3.63, 3.8) is 0 Å². The molecule has 0 fully saturated rings. The predicted molar refractivity (Wildman–Crippen MR) is 66.3 cm³/mol. The molecule has 6 nitrogen and oxygen atoms in total. The monoisotopic (exact) mass is 243 g/mol. The zero-order chi connectivity index (χ0) is 12.5. The van der Waals surface area contributed by atoms with Crippen LogP contribution in [0.1, 0.15) is 13.8 Å². The Hall–Kier alpha value is -2.37. The summed E-state index contributed by atoms with van der Waals surface area (Å²) < 4.78 is 7.58. The third kappa shape index (κ3) is 1.71. The Morgan fingerprint density at radius 2 is 2.17 bits per heavy atom. The first-order chi connectivity index (χ1) is 8.75. The van der Waals surface area contributed by atoms with Crippen LogP contribution in [0.3, 0.4) is 0 Å². The van der Waals surface area contributed by atoms with Crippen molar-refractivity contribution in [2.24, 2.45) is 0 Å². The molecule has 0 saturated heterocycles. The van der Waals surface area contributed by atoms with Crippen LogP contribution < -0.4 is 4.74 Å². The first kappa shape index (κ1) is 10.8. The first-order valence-electron chi connectivity index (χ1n) is 5.73. The van der Waals surface area contributed by atoms with E-state index < -0.39 is 0 Å². The van der Waals surface area contributed by atoms with Gasteiger partial charge in [-0.05, 0) is 13.8 Å². The summed E-state index contributed by atoms with van der Waals surface area (Å²) in [5, 5.41) is 6.73. The number of hydrogen-bond donors (Lipinski definition) is 1. The topological polar surface area (TPSA) is 68.1 Å². The Labute approximate surface area is 104 Å². The summed E-state index contributed by atoms with van der Waals surface area (Å²) in [7, 11) is 0. The molecule has 3 aromatic heterocycles. The summed E-state index contributed by atoms with van der Waals surface area (Å²) in [6.07, 6.45) is 9.00. The number of aromatic amines is 1. The molecule has 0 saturated carbocycles. The van der Waals surface area contributed by atoms with Crippen molar-refractivity contribution >= 4 is 5.65 Å². The molecule has 3 aromatic rings. The molecule has 0 aliphatic rings. The Balaban J connectivity index is 2.15. The van der Waals surface area contributed by atoms with E-state index in [1.165, 1.54) is 0 Å². The standard InChI is InChI=1S/C12H13N5O/c1-8(2)18-12-11-14-7-10(9-5-15-16-6-9)17(11)4-3-13-12/h3-8H,1-2H3,(H,15,16). The van der Waals surface area contributed by atoms with Gasteiger partial charge in [-0.2, -0.15) is 5.10 Å². The van der Waals surface area contributed by atoms with Crippen molar-refractivity contribution in [1.82, 2.24) is 24.6 Å². The Bertz CT molecular complexity index is 656. The highest BCUT2D eigenvalue weighted by molar-refractivity contribution is 5.64. The molecule has 3 rings (SSSR count). The van der Waals surface area contributed by atoms with Gasteiger partial charge < -0.3 is 4.74 Å². The lowest BCUT2D eigenvalue weighted by molar-refractivity contribution is 0.234. The van der Waals surface area contributed by atoms with Gasteiger partial charge in [0.25, 0.3) is 5.88 Å². The van der Waals surface area contributed by atoms with E-state index in [1.54, 1.807) is 18.6 Å². The summed E-state index contributed by atoms with van der Waals surface area (Å²) in [5.41, 5.74) is 2.64. The molecule has 1 N–H and O–H groups in total. The highest BCUT2D eigenvalue weighted by atomic mass is 16.5. The molecule has 0 bridgehead atoms. The molecular formula is C12H13N5O. The van der Waals surface area contributed by atoms with E-state index in [2.05, 4.69) is 20.2 Å². The summed E-state index contributed by atoms with van der Waals surface area (Å²) in [6, 6.07) is 0. The van der Waals surface area contributed by atoms with E-state index in [-0.39, 0.29) is 6.10 Å². The van der Waals surface area contributed by atoms with Crippen molar-refractivity contribution in [1.29, 1.82) is 0 Å². The second-order valence-electron chi connectivity index (χ2n) is 4.22. The van der Waals surface area contributed by atoms with E-state index in [1.807, 2.05) is 30.6 Å². The molecule has 0 aliphatic carbocycles. The fraction of sp³-hybridized carbons (Fsp3) is 0.250. The number of aromatic nitrogens is 5. The Morgan fingerprint density at radius 1 is 1.28 bits per heavy atom. The molecule has 3 heterocycles. The third-order valence-corrected chi connectivity index (χ3v) is 2.54. The van der Waals surface area contributed by atoms with Crippen LogP contribution >= 0.6 is 0 Å². The van der Waals surface area contributed by atoms with Crippen LogP contribution in [0.25, 0.3) is 16.9 Å². The number of nitrogens with one attached hydrogen (secondary N) is 1. The van der Waals surface area contributed by atoms with Gasteiger partial charge in [0, 0.05) is 24.2 Å². The van der Waals surface area contributed by atoms with Gasteiger partial charge in [0.05, 0.1) is 24.2 Å². The van der Waals surface area contributed by atoms with Gasteiger partial charge in [-0.3, -0.25) is 9.50 Å². The van der Waals surface area contributed by atoms with Crippen LogP contribution in [0, 0.1) is 0 Å². The molecule has 0 atom stereocenters. The maximum absolute atomic E-state index is 5.64. The quantitative estimate of drug-likeness (QED) is 0.763. The van der Waals surface area contributed by atoms with Gasteiger partial charge in [0.15, 0.2) is 0 Å². The minimum Gasteiger partial charge on any atom is -0.472 e. The largest absolute Gasteiger partial charge is 0.472 e. The van der Waals surface area contributed by atoms with E-state index in [0.717, 1.165) is 11.3 Å². The fourth-order valence-corrected chi connectivity index (χ4v) is 1.81. The molecular weight excluding hydrogens is 230 g/mol. The van der Waals surface area contributed by atoms with Crippen LogP contribution in [-0.2, 0) is 0 Å². The second-order valence-corrected chi connectivity index (χ2v) is 4.22. The normalized spacial score (nSPS) is 11.3. The number of imidazole rings is 1. The maximum atomic E-state index is 5.64. The summed E-state index contributed by atoms with van der Waals surface area (Å²) >= 11 is 0. The van der Waals surface area contributed by atoms with Gasteiger partial charge in [-0.15, -0.1) is 0 Å². The van der Waals surface area contributed by atoms with Gasteiger partial charge in [-0.1, -0.05) is 0 Å². The van der Waals surface area contributed by atoms with E-state index in [4.69, 9.17) is 4.74 Å². The molecule has 0 unspecified atom stereocenters. The summed E-state index contributed by atoms with van der Waals surface area (Å²) in [4.78, 5) is 8.57. The number of ether oxygens (including phenoxy) is 1. The molecule has 0 radical (unpaired) electrons. The molecule has 92 valence electrons. The minimum atomic E-state index is 0.0674. The van der Waals surface area contributed by atoms with Crippen LogP contribution in [0.15, 0.2) is 31.0 Å². The number of rotatable bonds is 3. The highest BCUT2D eigenvalue weighted by Gasteiger charge is 2.12. The van der Waals surface area contributed by atoms with Crippen LogP contribution in [0.5, 0.6) is 5.88 Å². The van der Waals surface area contributed by atoms with E-state index in [9.17, 15) is 0 Å². The lowest BCUT2D eigenvalue weighted by Crippen LogP contribution is -2.08.